The third kappa shape index (κ3) is 1.57. The van der Waals surface area contributed by atoms with Crippen molar-refractivity contribution in [1.29, 1.82) is 0 Å². The highest BCUT2D eigenvalue weighted by atomic mass is 16.4. The second-order valence-electron chi connectivity index (χ2n) is 3.10. The number of rotatable bonds is 2. The van der Waals surface area contributed by atoms with Gasteiger partial charge in [0.15, 0.2) is 0 Å². The van der Waals surface area contributed by atoms with Gasteiger partial charge in [0, 0.05) is 16.8 Å². The maximum atomic E-state index is 10.2. The van der Waals surface area contributed by atoms with E-state index < -0.39 is 0 Å². The molecular weight excluding hydrogens is 178 g/mol. The predicted molar refractivity (Wildman–Crippen MR) is 54.3 cm³/mol. The first kappa shape index (κ1) is 8.69. The zero-order valence-corrected chi connectivity index (χ0v) is 7.73. The van der Waals surface area contributed by atoms with Gasteiger partial charge in [-0.25, -0.2) is 0 Å². The first-order valence-corrected chi connectivity index (χ1v) is 4.30. The first-order valence-electron chi connectivity index (χ1n) is 4.30. The summed E-state index contributed by atoms with van der Waals surface area (Å²) in [6, 6.07) is 11.2. The third-order valence-electron chi connectivity index (χ3n) is 2.02. The smallest absolute Gasteiger partial charge is 0.260 e. The van der Waals surface area contributed by atoms with Crippen LogP contribution in [0.2, 0.25) is 0 Å². The lowest BCUT2D eigenvalue weighted by atomic mass is 10.1. The van der Waals surface area contributed by atoms with Crippen molar-refractivity contribution in [2.45, 2.75) is 6.92 Å². The fraction of sp³-hybridized carbons (Fsp3) is 0.0909. The van der Waals surface area contributed by atoms with Gasteiger partial charge in [0.05, 0.1) is 0 Å². The molecule has 1 aromatic heterocycles. The van der Waals surface area contributed by atoms with E-state index in [1.165, 1.54) is 5.56 Å². The van der Waals surface area contributed by atoms with Gasteiger partial charge < -0.3 is 4.42 Å². The molecule has 14 heavy (non-hydrogen) atoms. The number of nitroso groups, excluding NO2 is 1. The molecule has 0 radical (unpaired) electrons. The minimum Gasteiger partial charge on any atom is -0.436 e. The second kappa shape index (κ2) is 3.46. The fourth-order valence-corrected chi connectivity index (χ4v) is 1.25. The molecule has 0 aliphatic heterocycles. The van der Waals surface area contributed by atoms with Gasteiger partial charge in [0.2, 0.25) is 0 Å². The minimum atomic E-state index is 0.112. The van der Waals surface area contributed by atoms with Gasteiger partial charge in [-0.2, -0.15) is 0 Å². The number of aryl methyl sites for hydroxylation is 1. The molecule has 1 aromatic carbocycles. The number of hydrogen-bond donors (Lipinski definition) is 0. The molecule has 0 N–H and O–H groups in total. The first-order chi connectivity index (χ1) is 6.79. The highest BCUT2D eigenvalue weighted by molar-refractivity contribution is 5.59. The highest BCUT2D eigenvalue weighted by Crippen LogP contribution is 2.26. The van der Waals surface area contributed by atoms with Gasteiger partial charge in [-0.3, -0.25) is 0 Å². The Balaban J connectivity index is 2.39. The molecule has 70 valence electrons. The van der Waals surface area contributed by atoms with Gasteiger partial charge in [-0.05, 0) is 13.0 Å². The Morgan fingerprint density at radius 3 is 2.36 bits per heavy atom. The zero-order valence-electron chi connectivity index (χ0n) is 7.73. The van der Waals surface area contributed by atoms with E-state index in [4.69, 9.17) is 4.42 Å². The van der Waals surface area contributed by atoms with Gasteiger partial charge in [-0.1, -0.05) is 29.8 Å². The van der Waals surface area contributed by atoms with E-state index in [2.05, 4.69) is 5.18 Å². The topological polar surface area (TPSA) is 42.6 Å². The average Bonchev–Trinajstić information content (AvgIpc) is 2.67. The Labute approximate surface area is 81.3 Å². The van der Waals surface area contributed by atoms with Crippen LogP contribution in [0.4, 0.5) is 5.88 Å². The Kier molecular flexibility index (Phi) is 2.14. The summed E-state index contributed by atoms with van der Waals surface area (Å²) >= 11 is 0. The normalized spacial score (nSPS) is 10.1. The lowest BCUT2D eigenvalue weighted by Crippen LogP contribution is -1.74. The molecular formula is C11H9NO2. The number of hydrogen-bond acceptors (Lipinski definition) is 3. The van der Waals surface area contributed by atoms with Crippen LogP contribution in [0.25, 0.3) is 11.3 Å². The van der Waals surface area contributed by atoms with E-state index in [-0.39, 0.29) is 5.88 Å². The molecule has 0 fully saturated rings. The standard InChI is InChI=1S/C11H9NO2/c1-8-2-4-9(5-3-8)10-6-7-11(12-13)14-10/h2-7H,1H3. The molecule has 0 atom stereocenters. The van der Waals surface area contributed by atoms with Crippen LogP contribution in [0.5, 0.6) is 0 Å². The van der Waals surface area contributed by atoms with Crippen molar-refractivity contribution in [2.24, 2.45) is 5.18 Å². The maximum Gasteiger partial charge on any atom is 0.260 e. The highest BCUT2D eigenvalue weighted by Gasteiger charge is 2.03. The van der Waals surface area contributed by atoms with Crippen LogP contribution in [-0.2, 0) is 0 Å². The zero-order chi connectivity index (χ0) is 9.97. The largest absolute Gasteiger partial charge is 0.436 e. The van der Waals surface area contributed by atoms with Crippen LogP contribution in [0.3, 0.4) is 0 Å². The predicted octanol–water partition coefficient (Wildman–Crippen LogP) is 3.65. The summed E-state index contributed by atoms with van der Waals surface area (Å²) in [5.41, 5.74) is 2.14. The summed E-state index contributed by atoms with van der Waals surface area (Å²) in [4.78, 5) is 10.2. The molecule has 2 aromatic rings. The molecule has 2 rings (SSSR count). The SMILES string of the molecule is Cc1ccc(-c2ccc(N=O)o2)cc1. The van der Waals surface area contributed by atoms with Gasteiger partial charge >= 0.3 is 0 Å². The fourth-order valence-electron chi connectivity index (χ4n) is 1.25. The Morgan fingerprint density at radius 1 is 1.07 bits per heavy atom. The second-order valence-corrected chi connectivity index (χ2v) is 3.10. The van der Waals surface area contributed by atoms with Gasteiger partial charge in [0.25, 0.3) is 5.88 Å². The number of furan rings is 1. The molecule has 0 aliphatic rings. The monoisotopic (exact) mass is 187 g/mol. The third-order valence-corrected chi connectivity index (χ3v) is 2.02. The average molecular weight is 187 g/mol. The van der Waals surface area contributed by atoms with Crippen molar-refractivity contribution in [3.8, 4) is 11.3 Å². The van der Waals surface area contributed by atoms with Crippen LogP contribution >= 0.6 is 0 Å². The molecule has 0 amide bonds. The van der Waals surface area contributed by atoms with E-state index in [1.54, 1.807) is 12.1 Å². The van der Waals surface area contributed by atoms with Crippen molar-refractivity contribution in [3.63, 3.8) is 0 Å². The lowest BCUT2D eigenvalue weighted by molar-refractivity contribution is 0.591. The summed E-state index contributed by atoms with van der Waals surface area (Å²) in [6.45, 7) is 2.02. The summed E-state index contributed by atoms with van der Waals surface area (Å²) in [5, 5.41) is 2.72. The Morgan fingerprint density at radius 2 is 1.79 bits per heavy atom. The quantitative estimate of drug-likeness (QED) is 0.673. The van der Waals surface area contributed by atoms with Crippen LogP contribution in [0.1, 0.15) is 5.56 Å². The van der Waals surface area contributed by atoms with Crippen molar-refractivity contribution in [2.75, 3.05) is 0 Å². The molecule has 0 unspecified atom stereocenters. The van der Waals surface area contributed by atoms with Crippen LogP contribution in [0, 0.1) is 11.8 Å². The van der Waals surface area contributed by atoms with Crippen LogP contribution < -0.4 is 0 Å². The van der Waals surface area contributed by atoms with E-state index in [1.807, 2.05) is 31.2 Å². The maximum absolute atomic E-state index is 10.2. The Hall–Kier alpha value is -1.90. The molecule has 3 heteroatoms. The number of nitrogens with zero attached hydrogens (tertiary/aromatic N) is 1. The van der Waals surface area contributed by atoms with E-state index >= 15 is 0 Å². The molecule has 3 nitrogen and oxygen atoms in total. The van der Waals surface area contributed by atoms with Crippen molar-refractivity contribution in [1.82, 2.24) is 0 Å². The number of benzene rings is 1. The van der Waals surface area contributed by atoms with Crippen molar-refractivity contribution >= 4 is 5.88 Å². The molecule has 0 saturated carbocycles. The van der Waals surface area contributed by atoms with Gasteiger partial charge in [0.1, 0.15) is 5.76 Å². The van der Waals surface area contributed by atoms with Crippen LogP contribution in [0.15, 0.2) is 46.0 Å². The molecule has 0 spiro atoms. The van der Waals surface area contributed by atoms with Crippen molar-refractivity contribution in [3.05, 3.63) is 46.9 Å². The summed E-state index contributed by atoms with van der Waals surface area (Å²) in [6.07, 6.45) is 0. The van der Waals surface area contributed by atoms with Crippen molar-refractivity contribution < 1.29 is 4.42 Å². The van der Waals surface area contributed by atoms with Crippen LogP contribution in [-0.4, -0.2) is 0 Å². The molecule has 0 saturated heterocycles. The minimum absolute atomic E-state index is 0.112. The van der Waals surface area contributed by atoms with E-state index in [0.29, 0.717) is 5.76 Å². The lowest BCUT2D eigenvalue weighted by Gasteiger charge is -1.96. The molecule has 1 heterocycles. The van der Waals surface area contributed by atoms with E-state index in [0.717, 1.165) is 5.56 Å². The van der Waals surface area contributed by atoms with E-state index in [9.17, 15) is 4.91 Å². The Bertz CT molecular complexity index is 443. The summed E-state index contributed by atoms with van der Waals surface area (Å²) in [5.74, 6) is 0.778. The molecule has 0 aliphatic carbocycles. The molecule has 0 bridgehead atoms. The van der Waals surface area contributed by atoms with Gasteiger partial charge in [-0.15, -0.1) is 4.91 Å². The summed E-state index contributed by atoms with van der Waals surface area (Å²) in [7, 11) is 0. The summed E-state index contributed by atoms with van der Waals surface area (Å²) < 4.78 is 5.18.